The first-order chi connectivity index (χ1) is 45.7. The molecule has 9 aromatic carbocycles. The first-order valence-corrected chi connectivity index (χ1v) is 35.2. The van der Waals surface area contributed by atoms with Crippen molar-refractivity contribution in [2.45, 2.75) is 14.7 Å². The number of ether oxygens (including phenoxy) is 8. The van der Waals surface area contributed by atoms with Gasteiger partial charge in [-0.25, -0.2) is 9.59 Å². The van der Waals surface area contributed by atoms with Crippen LogP contribution in [0.25, 0.3) is 40.3 Å². The van der Waals surface area contributed by atoms with E-state index in [2.05, 4.69) is 82.5 Å². The summed E-state index contributed by atoms with van der Waals surface area (Å²) in [6, 6.07) is 53.5. The molecule has 0 aliphatic carbocycles. The van der Waals surface area contributed by atoms with Crippen LogP contribution in [0.3, 0.4) is 0 Å². The highest BCUT2D eigenvalue weighted by atomic mass is 127. The molecule has 2 aromatic heterocycles. The molecule has 0 bridgehead atoms. The van der Waals surface area contributed by atoms with Gasteiger partial charge in [0, 0.05) is 40.7 Å². The fourth-order valence-electron chi connectivity index (χ4n) is 8.10. The van der Waals surface area contributed by atoms with Crippen LogP contribution >= 0.6 is 117 Å². The van der Waals surface area contributed by atoms with Crippen LogP contribution in [-0.4, -0.2) is 110 Å². The smallest absolute Gasteiger partial charge is 0.394 e. The number of carboxylic acids is 2. The van der Waals surface area contributed by atoms with Crippen molar-refractivity contribution in [3.8, 4) is 57.5 Å². The minimum Gasteiger partial charge on any atom is -0.504 e. The van der Waals surface area contributed by atoms with Gasteiger partial charge in [0.2, 0.25) is 0 Å². The second-order valence-corrected chi connectivity index (χ2v) is 30.2. The average molecular weight is 1710 g/mol. The van der Waals surface area contributed by atoms with Crippen molar-refractivity contribution in [1.82, 2.24) is 0 Å². The highest BCUT2D eigenvalue weighted by Crippen LogP contribution is 2.43. The van der Waals surface area contributed by atoms with Gasteiger partial charge in [0.15, 0.2) is 68.4 Å². The highest BCUT2D eigenvalue weighted by molar-refractivity contribution is 14.1. The van der Waals surface area contributed by atoms with E-state index >= 15 is 0 Å². The molecule has 6 N–H and O–H groups in total. The van der Waals surface area contributed by atoms with Gasteiger partial charge in [-0.05, 0) is 132 Å². The Morgan fingerprint density at radius 2 is 0.833 bits per heavy atom. The maximum atomic E-state index is 12.5. The number of phenolic OH excluding ortho intramolecular Hbond substituents is 2. The Morgan fingerprint density at radius 3 is 1.29 bits per heavy atom. The molecule has 2 heterocycles. The number of halogens is 4. The summed E-state index contributed by atoms with van der Waals surface area (Å²) < 4.78 is 77.4. The van der Waals surface area contributed by atoms with E-state index in [1.807, 2.05) is 97.1 Å². The molecule has 0 aliphatic rings. The lowest BCUT2D eigenvalue weighted by Crippen LogP contribution is -2.02. The molecule has 20 nitrogen and oxygen atoms in total. The molecule has 0 aliphatic heterocycles. The molecule has 0 atom stereocenters. The van der Waals surface area contributed by atoms with Crippen LogP contribution in [0.5, 0.6) is 57.5 Å². The predicted octanol–water partition coefficient (Wildman–Crippen LogP) is 17.0. The SMILES string of the molecule is BrB(Br)Br.COc1ccc2c(=O)c3ccccc3sc2c1OC.COc1cccc(I)c1OC.COc1cccc(Sc2ccccc2C(=O)O)c1OC.COc1ccccc1OC.O=C(O)c1ccccc1S.O=S(=O)(O)O.O=c1c2ccccc2sc2c(O)c(O)ccc12. The van der Waals surface area contributed by atoms with E-state index in [-0.39, 0.29) is 36.7 Å². The summed E-state index contributed by atoms with van der Waals surface area (Å²) >= 11 is 19.6. The van der Waals surface area contributed by atoms with E-state index in [0.717, 1.165) is 50.9 Å². The minimum atomic E-state index is -4.67. The summed E-state index contributed by atoms with van der Waals surface area (Å²) in [6.07, 6.45) is 0. The summed E-state index contributed by atoms with van der Waals surface area (Å²) in [6.45, 7) is 0. The Kier molecular flexibility index (Phi) is 34.5. The van der Waals surface area contributed by atoms with Crippen LogP contribution in [-0.2, 0) is 10.4 Å². The van der Waals surface area contributed by atoms with Gasteiger partial charge < -0.3 is 58.3 Å². The average Bonchev–Trinajstić information content (AvgIpc) is 0.774. The molecule has 96 heavy (non-hydrogen) atoms. The summed E-state index contributed by atoms with van der Waals surface area (Å²) in [5.41, 5.74) is 0.420. The molecular weight excluding hydrogens is 1650 g/mol. The fraction of sp³-hybridized carbons (Fsp3) is 0.121. The van der Waals surface area contributed by atoms with Crippen molar-refractivity contribution in [2.75, 3.05) is 56.9 Å². The van der Waals surface area contributed by atoms with E-state index in [1.54, 1.807) is 135 Å². The third-order valence-electron chi connectivity index (χ3n) is 12.3. The van der Waals surface area contributed by atoms with Gasteiger partial charge in [-0.2, -0.15) is 8.42 Å². The lowest BCUT2D eigenvalue weighted by atomic mass is 10.1. The van der Waals surface area contributed by atoms with Crippen LogP contribution < -0.4 is 48.8 Å². The van der Waals surface area contributed by atoms with Crippen molar-refractivity contribution < 1.29 is 85.4 Å². The molecule has 0 fully saturated rings. The number of carboxylic acid groups (broad SMARTS) is 2. The molecule has 11 aromatic rings. The maximum absolute atomic E-state index is 12.5. The number of aromatic carboxylic acids is 2. The van der Waals surface area contributed by atoms with E-state index in [0.29, 0.717) is 53.6 Å². The summed E-state index contributed by atoms with van der Waals surface area (Å²) in [5, 5.41) is 39.4. The van der Waals surface area contributed by atoms with Gasteiger partial charge in [0.1, 0.15) is 0 Å². The van der Waals surface area contributed by atoms with Crippen molar-refractivity contribution in [1.29, 1.82) is 0 Å². The predicted molar refractivity (Wildman–Crippen MR) is 404 cm³/mol. The first-order valence-electron chi connectivity index (χ1n) is 27.0. The Hall–Kier alpha value is -7.50. The molecule has 0 amide bonds. The molecule has 0 unspecified atom stereocenters. The molecular formula is C66H61BBr3IO20S5. The standard InChI is InChI=1S/C15H14O4S.C15H12O3S.C13H8O3S.C8H9IO2.C8H10O2.C7H6O2S.BBr3.H2O4S/c1-18-11-7-5-9-13(14(11)19-2)20-12-8-4-3-6-10(12)15(16)17;1-17-11-8-7-10-13(16)9-5-3-4-6-12(9)19-15(10)14(11)18-2;14-9-6-5-8-11(15)7-3-1-2-4-10(7)17-13(8)12(9)16;1-10-7-5-3-4-6(9)8(7)11-2;1-9-7-5-3-4-6-8(7)10-2;8-7(9)5-3-1-2-4-6(5)10;2-1(3)4;1-5(2,3)4/h3-9H,1-2H3,(H,16,17);3-8H,1-2H3;1-6,14,16H;3-5H,1-2H3;3-6H,1-2H3;1-4,10H,(H,8,9);;(H2,1,2,3,4). The summed E-state index contributed by atoms with van der Waals surface area (Å²) in [5.74, 6) is 3.27. The number of methoxy groups -OCH3 is 8. The molecule has 11 rings (SSSR count). The molecule has 0 radical (unpaired) electrons. The van der Waals surface area contributed by atoms with Crippen molar-refractivity contribution in [3.63, 3.8) is 0 Å². The Labute approximate surface area is 608 Å². The number of hydrogen-bond acceptors (Lipinski definition) is 20. The van der Waals surface area contributed by atoms with Gasteiger partial charge in [0.25, 0.3) is 0 Å². The van der Waals surface area contributed by atoms with E-state index in [4.69, 9.17) is 60.5 Å². The summed E-state index contributed by atoms with van der Waals surface area (Å²) in [4.78, 5) is 48.2. The maximum Gasteiger partial charge on any atom is 0.394 e. The van der Waals surface area contributed by atoms with Crippen LogP contribution in [0.2, 0.25) is 0 Å². The number of aromatic hydroxyl groups is 2. The van der Waals surface area contributed by atoms with Crippen molar-refractivity contribution in [2.24, 2.45) is 0 Å². The Morgan fingerprint density at radius 1 is 0.458 bits per heavy atom. The first kappa shape index (κ1) is 80.9. The summed E-state index contributed by atoms with van der Waals surface area (Å²) in [7, 11) is 8.16. The zero-order valence-electron chi connectivity index (χ0n) is 51.9. The molecule has 0 saturated heterocycles. The van der Waals surface area contributed by atoms with E-state index in [1.165, 1.54) is 41.3 Å². The van der Waals surface area contributed by atoms with Crippen LogP contribution in [0.4, 0.5) is 0 Å². The molecule has 506 valence electrons. The van der Waals surface area contributed by atoms with Crippen LogP contribution in [0.1, 0.15) is 20.7 Å². The number of hydrogen-bond donors (Lipinski definition) is 7. The topological polar surface area (TPSA) is 298 Å². The van der Waals surface area contributed by atoms with Crippen molar-refractivity contribution >= 4 is 183 Å². The van der Waals surface area contributed by atoms with Crippen LogP contribution in [0, 0.1) is 3.57 Å². The number of phenols is 2. The van der Waals surface area contributed by atoms with Gasteiger partial charge in [-0.3, -0.25) is 18.7 Å². The lowest BCUT2D eigenvalue weighted by molar-refractivity contribution is 0.0682. The zero-order valence-corrected chi connectivity index (χ0v) is 63.0. The minimum absolute atomic E-state index is 0.0327. The van der Waals surface area contributed by atoms with Gasteiger partial charge in [-0.1, -0.05) is 84.6 Å². The zero-order chi connectivity index (χ0) is 71.2. The monoisotopic (exact) mass is 1710 g/mol. The number of fused-ring (bicyclic) bond motifs is 4. The second kappa shape index (κ2) is 40.9. The van der Waals surface area contributed by atoms with Crippen molar-refractivity contribution in [3.05, 3.63) is 217 Å². The lowest BCUT2D eigenvalue weighted by Gasteiger charge is -2.12. The third kappa shape index (κ3) is 24.2. The van der Waals surface area contributed by atoms with Gasteiger partial charge >= 0.3 is 25.5 Å². The third-order valence-corrected chi connectivity index (χ3v) is 17.0. The molecule has 0 spiro atoms. The van der Waals surface area contributed by atoms with E-state index < -0.39 is 22.3 Å². The largest absolute Gasteiger partial charge is 0.504 e. The number of benzene rings is 9. The van der Waals surface area contributed by atoms with Gasteiger partial charge in [-0.15, -0.1) is 82.6 Å². The van der Waals surface area contributed by atoms with Gasteiger partial charge in [0.05, 0.1) is 85.9 Å². The highest BCUT2D eigenvalue weighted by Gasteiger charge is 2.17. The number of carbonyl (C=O) groups is 2. The molecule has 30 heteroatoms. The number of para-hydroxylation sites is 4. The normalized spacial score (nSPS) is 10.1. The Balaban J connectivity index is 0.000000243. The number of thiol groups is 1. The fourth-order valence-corrected chi connectivity index (χ4v) is 12.4. The molecule has 0 saturated carbocycles. The van der Waals surface area contributed by atoms with E-state index in [9.17, 15) is 34.5 Å². The van der Waals surface area contributed by atoms with Crippen LogP contribution in [0.15, 0.2) is 206 Å². The Bertz CT molecular complexity index is 4610. The second-order valence-electron chi connectivity index (χ2n) is 18.1. The quantitative estimate of drug-likeness (QED) is 0.0149. The number of rotatable bonds is 12.